The van der Waals surface area contributed by atoms with E-state index >= 15 is 0 Å². The fourth-order valence-electron chi connectivity index (χ4n) is 3.13. The van der Waals surface area contributed by atoms with Crippen LogP contribution in [0.3, 0.4) is 0 Å². The normalized spacial score (nSPS) is 14.5. The van der Waals surface area contributed by atoms with E-state index in [-0.39, 0.29) is 24.5 Å². The Kier molecular flexibility index (Phi) is 6.25. The Hall–Kier alpha value is -3.09. The zero-order valence-corrected chi connectivity index (χ0v) is 15.4. The molecule has 1 aromatic carbocycles. The van der Waals surface area contributed by atoms with Gasteiger partial charge in [-0.2, -0.15) is 0 Å². The average molecular weight is 367 g/mol. The Labute approximate surface area is 159 Å². The third-order valence-corrected chi connectivity index (χ3v) is 4.52. The van der Waals surface area contributed by atoms with E-state index in [9.17, 15) is 9.59 Å². The van der Waals surface area contributed by atoms with Crippen LogP contribution in [0.4, 0.5) is 16.3 Å². The molecule has 142 valence electrons. The Morgan fingerprint density at radius 2 is 1.96 bits per heavy atom. The van der Waals surface area contributed by atoms with Crippen LogP contribution in [-0.2, 0) is 4.79 Å². The Bertz CT molecular complexity index is 773. The van der Waals surface area contributed by atoms with E-state index in [0.29, 0.717) is 5.69 Å². The number of nitrogens with zero attached hydrogens (tertiary/aromatic N) is 2. The highest BCUT2D eigenvalue weighted by molar-refractivity contribution is 5.92. The van der Waals surface area contributed by atoms with Gasteiger partial charge in [-0.05, 0) is 49.6 Å². The molecule has 7 heteroatoms. The van der Waals surface area contributed by atoms with Gasteiger partial charge in [0, 0.05) is 31.0 Å². The molecule has 0 saturated carbocycles. The highest BCUT2D eigenvalue weighted by Gasteiger charge is 2.21. The summed E-state index contributed by atoms with van der Waals surface area (Å²) in [7, 11) is 0. The third kappa shape index (κ3) is 5.70. The van der Waals surface area contributed by atoms with E-state index < -0.39 is 0 Å². The first-order chi connectivity index (χ1) is 13.1. The number of carbonyl (C=O) groups excluding carboxylic acids is 2. The van der Waals surface area contributed by atoms with Crippen molar-refractivity contribution in [2.45, 2.75) is 25.8 Å². The number of nitrogens with one attached hydrogen (secondary N) is 3. The fourth-order valence-corrected chi connectivity index (χ4v) is 3.13. The average Bonchev–Trinajstić information content (AvgIpc) is 2.68. The van der Waals surface area contributed by atoms with Crippen LogP contribution in [0.15, 0.2) is 48.7 Å². The maximum Gasteiger partial charge on any atom is 0.319 e. The minimum Gasteiger partial charge on any atom is -0.356 e. The largest absolute Gasteiger partial charge is 0.356 e. The summed E-state index contributed by atoms with van der Waals surface area (Å²) in [5, 5.41) is 8.30. The van der Waals surface area contributed by atoms with Crippen molar-refractivity contribution in [3.63, 3.8) is 0 Å². The molecule has 0 bridgehead atoms. The number of amides is 3. The lowest BCUT2D eigenvalue weighted by molar-refractivity contribution is -0.120. The Balaban J connectivity index is 1.37. The standard InChI is InChI=1S/C20H25N5O2/c1-15-5-4-6-17(13-15)24-20(27)22-14-19(26)23-16-8-11-25(12-9-16)18-7-2-3-10-21-18/h2-7,10,13,16H,8-9,11-12,14H2,1H3,(H,23,26)(H2,22,24,27). The second-order valence-electron chi connectivity index (χ2n) is 6.69. The summed E-state index contributed by atoms with van der Waals surface area (Å²) < 4.78 is 0. The summed E-state index contributed by atoms with van der Waals surface area (Å²) >= 11 is 0. The van der Waals surface area contributed by atoms with Gasteiger partial charge >= 0.3 is 6.03 Å². The fraction of sp³-hybridized carbons (Fsp3) is 0.350. The quantitative estimate of drug-likeness (QED) is 0.757. The lowest BCUT2D eigenvalue weighted by atomic mass is 10.0. The number of piperidine rings is 1. The van der Waals surface area contributed by atoms with Crippen LogP contribution in [0, 0.1) is 6.92 Å². The molecule has 2 heterocycles. The molecule has 0 radical (unpaired) electrons. The van der Waals surface area contributed by atoms with Crippen LogP contribution in [0.5, 0.6) is 0 Å². The summed E-state index contributed by atoms with van der Waals surface area (Å²) in [5.74, 6) is 0.794. The summed E-state index contributed by atoms with van der Waals surface area (Å²) in [4.78, 5) is 30.6. The second kappa shape index (κ2) is 9.02. The molecule has 3 amide bonds. The van der Waals surface area contributed by atoms with Crippen LogP contribution in [0.2, 0.25) is 0 Å². The molecule has 0 aliphatic carbocycles. The number of urea groups is 1. The molecule has 1 aliphatic heterocycles. The van der Waals surface area contributed by atoms with Crippen LogP contribution in [0.25, 0.3) is 0 Å². The molecular formula is C20H25N5O2. The number of anilines is 2. The maximum absolute atomic E-state index is 12.1. The first-order valence-corrected chi connectivity index (χ1v) is 9.17. The molecule has 3 rings (SSSR count). The topological polar surface area (TPSA) is 86.4 Å². The van der Waals surface area contributed by atoms with Crippen molar-refractivity contribution in [2.75, 3.05) is 29.9 Å². The van der Waals surface area contributed by atoms with Crippen molar-refractivity contribution >= 4 is 23.4 Å². The van der Waals surface area contributed by atoms with Crippen molar-refractivity contribution in [2.24, 2.45) is 0 Å². The number of hydrogen-bond acceptors (Lipinski definition) is 4. The predicted molar refractivity (Wildman–Crippen MR) is 106 cm³/mol. The van der Waals surface area contributed by atoms with Gasteiger partial charge < -0.3 is 20.9 Å². The van der Waals surface area contributed by atoms with Crippen LogP contribution >= 0.6 is 0 Å². The van der Waals surface area contributed by atoms with Crippen molar-refractivity contribution < 1.29 is 9.59 Å². The molecule has 27 heavy (non-hydrogen) atoms. The molecule has 0 spiro atoms. The molecule has 2 aromatic rings. The van der Waals surface area contributed by atoms with Crippen molar-refractivity contribution in [1.29, 1.82) is 0 Å². The number of rotatable bonds is 5. The van der Waals surface area contributed by atoms with Crippen molar-refractivity contribution in [3.05, 3.63) is 54.2 Å². The second-order valence-corrected chi connectivity index (χ2v) is 6.69. The molecule has 7 nitrogen and oxygen atoms in total. The van der Waals surface area contributed by atoms with Gasteiger partial charge in [0.05, 0.1) is 6.54 Å². The monoisotopic (exact) mass is 367 g/mol. The number of aromatic nitrogens is 1. The van der Waals surface area contributed by atoms with E-state index in [1.165, 1.54) is 0 Å². The number of benzene rings is 1. The van der Waals surface area contributed by atoms with Gasteiger partial charge in [-0.15, -0.1) is 0 Å². The number of pyridine rings is 1. The highest BCUT2D eigenvalue weighted by atomic mass is 16.2. The van der Waals surface area contributed by atoms with Crippen molar-refractivity contribution in [1.82, 2.24) is 15.6 Å². The lowest BCUT2D eigenvalue weighted by Crippen LogP contribution is -2.48. The van der Waals surface area contributed by atoms with Crippen LogP contribution in [-0.4, -0.2) is 42.6 Å². The summed E-state index contributed by atoms with van der Waals surface area (Å²) in [6.07, 6.45) is 3.51. The van der Waals surface area contributed by atoms with Gasteiger partial charge in [-0.3, -0.25) is 4.79 Å². The van der Waals surface area contributed by atoms with E-state index in [2.05, 4.69) is 25.8 Å². The minimum atomic E-state index is -0.388. The summed E-state index contributed by atoms with van der Waals surface area (Å²) in [6.45, 7) is 3.61. The summed E-state index contributed by atoms with van der Waals surface area (Å²) in [5.41, 5.74) is 1.76. The van der Waals surface area contributed by atoms with E-state index in [1.54, 1.807) is 6.20 Å². The number of aryl methyl sites for hydroxylation is 1. The van der Waals surface area contributed by atoms with Gasteiger partial charge in [-0.25, -0.2) is 9.78 Å². The van der Waals surface area contributed by atoms with Crippen LogP contribution in [0.1, 0.15) is 18.4 Å². The predicted octanol–water partition coefficient (Wildman–Crippen LogP) is 2.30. The Morgan fingerprint density at radius 3 is 2.67 bits per heavy atom. The first-order valence-electron chi connectivity index (χ1n) is 9.17. The third-order valence-electron chi connectivity index (χ3n) is 4.52. The molecule has 1 saturated heterocycles. The maximum atomic E-state index is 12.1. The number of hydrogen-bond donors (Lipinski definition) is 3. The molecule has 0 unspecified atom stereocenters. The van der Waals surface area contributed by atoms with Gasteiger partial charge in [0.2, 0.25) is 5.91 Å². The van der Waals surface area contributed by atoms with Gasteiger partial charge in [0.25, 0.3) is 0 Å². The minimum absolute atomic E-state index is 0.0435. The molecule has 1 aliphatic rings. The molecule has 3 N–H and O–H groups in total. The van der Waals surface area contributed by atoms with Gasteiger partial charge in [0.15, 0.2) is 0 Å². The van der Waals surface area contributed by atoms with E-state index in [4.69, 9.17) is 0 Å². The van der Waals surface area contributed by atoms with Crippen molar-refractivity contribution in [3.8, 4) is 0 Å². The van der Waals surface area contributed by atoms with Gasteiger partial charge in [0.1, 0.15) is 5.82 Å². The molecule has 1 fully saturated rings. The SMILES string of the molecule is Cc1cccc(NC(=O)NCC(=O)NC2CCN(c3ccccn3)CC2)c1. The van der Waals surface area contributed by atoms with E-state index in [0.717, 1.165) is 37.3 Å². The molecule has 0 atom stereocenters. The smallest absolute Gasteiger partial charge is 0.319 e. The first kappa shape index (κ1) is 18.7. The lowest BCUT2D eigenvalue weighted by Gasteiger charge is -2.33. The molecular weight excluding hydrogens is 342 g/mol. The van der Waals surface area contributed by atoms with Gasteiger partial charge in [-0.1, -0.05) is 18.2 Å². The Morgan fingerprint density at radius 1 is 1.15 bits per heavy atom. The zero-order valence-electron chi connectivity index (χ0n) is 15.4. The highest BCUT2D eigenvalue weighted by Crippen LogP contribution is 2.17. The van der Waals surface area contributed by atoms with Crippen LogP contribution < -0.4 is 20.9 Å². The zero-order chi connectivity index (χ0) is 19.1. The molecule has 1 aromatic heterocycles. The summed E-state index contributed by atoms with van der Waals surface area (Å²) in [6, 6.07) is 13.1. The van der Waals surface area contributed by atoms with E-state index in [1.807, 2.05) is 49.4 Å². The number of carbonyl (C=O) groups is 2.